The van der Waals surface area contributed by atoms with E-state index in [1.807, 2.05) is 36.4 Å². The molecule has 1 amide bonds. The lowest BCUT2D eigenvalue weighted by Crippen LogP contribution is -2.18. The molecule has 0 unspecified atom stereocenters. The standard InChI is InChI=1S/C16H17N3O2S/c1-18-14(15(17)20)16(19-2)22-13-7-5-10-8-12(21-3)6-4-11(10)9-13/h4-9,19H,1H2,2-3H3,(H2,17,20)/b16-14-. The van der Waals surface area contributed by atoms with Crippen LogP contribution in [0, 0.1) is 0 Å². The number of primary amides is 1. The largest absolute Gasteiger partial charge is 0.497 e. The average molecular weight is 315 g/mol. The number of methoxy groups -OCH3 is 1. The van der Waals surface area contributed by atoms with Crippen molar-refractivity contribution in [1.29, 1.82) is 0 Å². The van der Waals surface area contributed by atoms with Crippen molar-refractivity contribution >= 4 is 35.2 Å². The van der Waals surface area contributed by atoms with Gasteiger partial charge >= 0.3 is 0 Å². The van der Waals surface area contributed by atoms with E-state index in [4.69, 9.17) is 10.5 Å². The molecule has 0 aromatic heterocycles. The molecular formula is C16H17N3O2S. The summed E-state index contributed by atoms with van der Waals surface area (Å²) >= 11 is 1.38. The molecule has 2 aromatic carbocycles. The average Bonchev–Trinajstić information content (AvgIpc) is 2.53. The van der Waals surface area contributed by atoms with Gasteiger partial charge in [0.1, 0.15) is 10.8 Å². The third-order valence-electron chi connectivity index (χ3n) is 3.07. The quantitative estimate of drug-likeness (QED) is 0.488. The van der Waals surface area contributed by atoms with Crippen LogP contribution in [-0.2, 0) is 4.79 Å². The Bertz CT molecular complexity index is 756. The number of hydrogen-bond acceptors (Lipinski definition) is 5. The summed E-state index contributed by atoms with van der Waals surface area (Å²) in [5.41, 5.74) is 5.43. The Morgan fingerprint density at radius 3 is 2.55 bits per heavy atom. The summed E-state index contributed by atoms with van der Waals surface area (Å²) in [7, 11) is 3.35. The zero-order valence-electron chi connectivity index (χ0n) is 12.4. The number of benzene rings is 2. The van der Waals surface area contributed by atoms with Crippen LogP contribution in [0.1, 0.15) is 0 Å². The number of carbonyl (C=O) groups excluding carboxylic acids is 1. The number of fused-ring (bicyclic) bond motifs is 1. The van der Waals surface area contributed by atoms with Gasteiger partial charge in [-0.15, -0.1) is 0 Å². The number of nitrogens with two attached hydrogens (primary N) is 1. The van der Waals surface area contributed by atoms with Crippen molar-refractivity contribution in [2.75, 3.05) is 14.2 Å². The molecular weight excluding hydrogens is 298 g/mol. The van der Waals surface area contributed by atoms with Crippen LogP contribution in [0.25, 0.3) is 10.8 Å². The van der Waals surface area contributed by atoms with Crippen LogP contribution in [0.5, 0.6) is 5.75 Å². The predicted molar refractivity (Wildman–Crippen MR) is 91.2 cm³/mol. The van der Waals surface area contributed by atoms with Gasteiger partial charge in [-0.05, 0) is 41.8 Å². The topological polar surface area (TPSA) is 76.7 Å². The molecule has 2 aromatic rings. The van der Waals surface area contributed by atoms with E-state index in [1.165, 1.54) is 11.8 Å². The highest BCUT2D eigenvalue weighted by atomic mass is 32.2. The number of nitrogens with one attached hydrogen (secondary N) is 1. The highest BCUT2D eigenvalue weighted by Crippen LogP contribution is 2.31. The molecule has 0 saturated heterocycles. The molecule has 114 valence electrons. The van der Waals surface area contributed by atoms with Gasteiger partial charge in [-0.1, -0.05) is 23.9 Å². The number of ether oxygens (including phenoxy) is 1. The van der Waals surface area contributed by atoms with Crippen molar-refractivity contribution in [3.63, 3.8) is 0 Å². The van der Waals surface area contributed by atoms with E-state index in [0.717, 1.165) is 21.4 Å². The summed E-state index contributed by atoms with van der Waals surface area (Å²) in [6.07, 6.45) is 0. The maximum atomic E-state index is 11.4. The number of aliphatic imine (C=N–C) groups is 1. The van der Waals surface area contributed by atoms with E-state index in [2.05, 4.69) is 17.0 Å². The van der Waals surface area contributed by atoms with Gasteiger partial charge in [0, 0.05) is 11.9 Å². The second-order valence-electron chi connectivity index (χ2n) is 4.43. The molecule has 22 heavy (non-hydrogen) atoms. The molecule has 6 heteroatoms. The Balaban J connectivity index is 2.39. The number of thioether (sulfide) groups is 1. The Morgan fingerprint density at radius 2 is 1.95 bits per heavy atom. The normalized spacial score (nSPS) is 11.7. The minimum atomic E-state index is -0.614. The van der Waals surface area contributed by atoms with Crippen LogP contribution < -0.4 is 15.8 Å². The lowest BCUT2D eigenvalue weighted by atomic mass is 10.1. The summed E-state index contributed by atoms with van der Waals surface area (Å²) < 4.78 is 5.21. The maximum absolute atomic E-state index is 11.4. The van der Waals surface area contributed by atoms with Crippen LogP contribution in [0.3, 0.4) is 0 Å². The summed E-state index contributed by atoms with van der Waals surface area (Å²) in [4.78, 5) is 16.0. The van der Waals surface area contributed by atoms with E-state index < -0.39 is 5.91 Å². The fourth-order valence-corrected chi connectivity index (χ4v) is 2.91. The fraction of sp³-hybridized carbons (Fsp3) is 0.125. The third-order valence-corrected chi connectivity index (χ3v) is 4.16. The van der Waals surface area contributed by atoms with Crippen LogP contribution in [0.2, 0.25) is 0 Å². The van der Waals surface area contributed by atoms with E-state index in [0.29, 0.717) is 5.03 Å². The first kappa shape index (κ1) is 15.9. The smallest absolute Gasteiger partial charge is 0.270 e. The van der Waals surface area contributed by atoms with Gasteiger partial charge in [-0.25, -0.2) is 0 Å². The monoisotopic (exact) mass is 315 g/mol. The van der Waals surface area contributed by atoms with Gasteiger partial charge in [0.2, 0.25) is 0 Å². The van der Waals surface area contributed by atoms with Crippen molar-refractivity contribution in [2.24, 2.45) is 10.7 Å². The van der Waals surface area contributed by atoms with E-state index in [9.17, 15) is 4.79 Å². The van der Waals surface area contributed by atoms with Crippen molar-refractivity contribution in [2.45, 2.75) is 4.90 Å². The molecule has 0 spiro atoms. The first-order chi connectivity index (χ1) is 10.6. The molecule has 3 N–H and O–H groups in total. The molecule has 0 atom stereocenters. The Morgan fingerprint density at radius 1 is 1.27 bits per heavy atom. The molecule has 0 saturated carbocycles. The van der Waals surface area contributed by atoms with E-state index in [-0.39, 0.29) is 5.70 Å². The van der Waals surface area contributed by atoms with Crippen LogP contribution in [-0.4, -0.2) is 26.8 Å². The number of rotatable bonds is 6. The van der Waals surface area contributed by atoms with Crippen LogP contribution in [0.4, 0.5) is 0 Å². The number of carbonyl (C=O) groups is 1. The lowest BCUT2D eigenvalue weighted by Gasteiger charge is -2.10. The molecule has 0 fully saturated rings. The molecule has 0 bridgehead atoms. The highest BCUT2D eigenvalue weighted by Gasteiger charge is 2.12. The maximum Gasteiger partial charge on any atom is 0.270 e. The van der Waals surface area contributed by atoms with Gasteiger partial charge in [0.05, 0.1) is 7.11 Å². The van der Waals surface area contributed by atoms with Crippen molar-refractivity contribution in [3.05, 3.63) is 47.1 Å². The van der Waals surface area contributed by atoms with E-state index in [1.54, 1.807) is 14.2 Å². The number of hydrogen-bond donors (Lipinski definition) is 2. The van der Waals surface area contributed by atoms with Crippen molar-refractivity contribution in [3.8, 4) is 5.75 Å². The minimum Gasteiger partial charge on any atom is -0.497 e. The molecule has 0 aliphatic rings. The van der Waals surface area contributed by atoms with Gasteiger partial charge < -0.3 is 15.8 Å². The van der Waals surface area contributed by atoms with Gasteiger partial charge in [-0.3, -0.25) is 9.79 Å². The molecule has 0 heterocycles. The predicted octanol–water partition coefficient (Wildman–Crippen LogP) is 2.51. The summed E-state index contributed by atoms with van der Waals surface area (Å²) in [5, 5.41) is 5.66. The first-order valence-corrected chi connectivity index (χ1v) is 7.35. The number of nitrogens with zero attached hydrogens (tertiary/aromatic N) is 1. The summed E-state index contributed by atoms with van der Waals surface area (Å²) in [6, 6.07) is 11.9. The Hall–Kier alpha value is -2.47. The molecule has 0 aliphatic heterocycles. The molecule has 5 nitrogen and oxygen atoms in total. The Kier molecular flexibility index (Phi) is 5.06. The summed E-state index contributed by atoms with van der Waals surface area (Å²) in [6.45, 7) is 3.39. The SMILES string of the molecule is C=N/C(C(N)=O)=C(/NC)Sc1ccc2cc(OC)ccc2c1. The fourth-order valence-electron chi connectivity index (χ4n) is 1.99. The third kappa shape index (κ3) is 3.40. The molecule has 0 radical (unpaired) electrons. The van der Waals surface area contributed by atoms with Gasteiger partial charge in [-0.2, -0.15) is 0 Å². The van der Waals surface area contributed by atoms with Crippen molar-refractivity contribution < 1.29 is 9.53 Å². The lowest BCUT2D eigenvalue weighted by molar-refractivity contribution is -0.114. The second-order valence-corrected chi connectivity index (χ2v) is 5.51. The van der Waals surface area contributed by atoms with Gasteiger partial charge in [0.25, 0.3) is 5.91 Å². The van der Waals surface area contributed by atoms with Crippen molar-refractivity contribution in [1.82, 2.24) is 5.32 Å². The van der Waals surface area contributed by atoms with Crippen LogP contribution in [0.15, 0.2) is 57.0 Å². The Labute approximate surface area is 133 Å². The zero-order valence-corrected chi connectivity index (χ0v) is 13.2. The summed E-state index contributed by atoms with van der Waals surface area (Å²) in [5.74, 6) is 0.202. The zero-order chi connectivity index (χ0) is 16.1. The second kappa shape index (κ2) is 7.00. The minimum absolute atomic E-state index is 0.127. The van der Waals surface area contributed by atoms with Gasteiger partial charge in [0.15, 0.2) is 5.70 Å². The molecule has 0 aliphatic carbocycles. The molecule has 2 rings (SSSR count). The van der Waals surface area contributed by atoms with Crippen LogP contribution >= 0.6 is 11.8 Å². The van der Waals surface area contributed by atoms with E-state index >= 15 is 0 Å². The highest BCUT2D eigenvalue weighted by molar-refractivity contribution is 8.03. The number of amides is 1. The first-order valence-electron chi connectivity index (χ1n) is 6.53.